The van der Waals surface area contributed by atoms with E-state index in [1.807, 2.05) is 6.08 Å². The van der Waals surface area contributed by atoms with Crippen molar-refractivity contribution < 1.29 is 24.5 Å². The largest absolute Gasteiger partial charge is 0.466 e. The van der Waals surface area contributed by atoms with Crippen LogP contribution in [-0.4, -0.2) is 47.4 Å². The minimum atomic E-state index is -0.839. The van der Waals surface area contributed by atoms with Crippen LogP contribution in [0.3, 0.4) is 0 Å². The lowest BCUT2D eigenvalue weighted by molar-refractivity contribution is -0.143. The van der Waals surface area contributed by atoms with E-state index in [9.17, 15) is 19.8 Å². The molecule has 6 heteroatoms. The van der Waals surface area contributed by atoms with Crippen molar-refractivity contribution in [2.45, 2.75) is 373 Å². The lowest BCUT2D eigenvalue weighted by Crippen LogP contribution is -2.45. The normalized spacial score (nSPS) is 12.8. The Morgan fingerprint density at radius 3 is 1.04 bits per heavy atom. The Kier molecular flexibility index (Phi) is 62.0. The number of carbonyl (C=O) groups is 2. The summed E-state index contributed by atoms with van der Waals surface area (Å²) in [6.45, 7) is 4.88. The van der Waals surface area contributed by atoms with Crippen LogP contribution in [0.1, 0.15) is 361 Å². The number of hydrogen-bond acceptors (Lipinski definition) is 5. The molecule has 0 heterocycles. The van der Waals surface area contributed by atoms with Crippen molar-refractivity contribution in [2.24, 2.45) is 0 Å². The average molecular weight is 1040 g/mol. The van der Waals surface area contributed by atoms with Gasteiger partial charge in [0.1, 0.15) is 0 Å². The smallest absolute Gasteiger partial charge is 0.305 e. The Balaban J connectivity index is 3.31. The van der Waals surface area contributed by atoms with Gasteiger partial charge >= 0.3 is 5.97 Å². The fraction of sp³-hybridized carbons (Fsp3) is 0.882. The maximum absolute atomic E-state index is 12.4. The first-order valence-electron chi connectivity index (χ1n) is 33.3. The van der Waals surface area contributed by atoms with Gasteiger partial charge in [0.15, 0.2) is 0 Å². The minimum absolute atomic E-state index is 0.0125. The quantitative estimate of drug-likeness (QED) is 0.0320. The number of rotatable bonds is 62. The number of hydrogen-bond donors (Lipinski definition) is 3. The first kappa shape index (κ1) is 72.1. The molecule has 2 unspecified atom stereocenters. The predicted octanol–water partition coefficient (Wildman–Crippen LogP) is 21.1. The molecule has 0 aromatic rings. The number of allylic oxidation sites excluding steroid dienone is 5. The lowest BCUT2D eigenvalue weighted by atomic mass is 10.0. The van der Waals surface area contributed by atoms with E-state index in [2.05, 4.69) is 43.5 Å². The van der Waals surface area contributed by atoms with Gasteiger partial charge in [0.25, 0.3) is 0 Å². The second-order valence-corrected chi connectivity index (χ2v) is 22.8. The molecular weight excluding hydrogens is 911 g/mol. The van der Waals surface area contributed by atoms with E-state index in [-0.39, 0.29) is 18.5 Å². The van der Waals surface area contributed by atoms with Gasteiger partial charge in [-0.2, -0.15) is 0 Å². The van der Waals surface area contributed by atoms with Crippen molar-refractivity contribution in [1.29, 1.82) is 0 Å². The molecule has 0 saturated carbocycles. The van der Waals surface area contributed by atoms with Crippen molar-refractivity contribution in [3.63, 3.8) is 0 Å². The molecule has 0 aromatic carbocycles. The number of unbranched alkanes of at least 4 members (excludes halogenated alkanes) is 47. The average Bonchev–Trinajstić information content (AvgIpc) is 3.40. The highest BCUT2D eigenvalue weighted by molar-refractivity contribution is 5.76. The standard InChI is InChI=1S/C68H129NO5/c1-3-5-7-9-11-13-14-15-16-17-33-36-39-42-46-50-54-58-62-68(73)74-63-59-55-51-47-43-40-37-34-31-29-27-25-23-21-19-18-20-22-24-26-28-30-32-35-38-41-45-49-53-57-61-67(72)69-65(64-70)66(71)60-56-52-48-44-12-10-8-6-4-2/h13-14,16-17,56,60,65-66,70-71H,3-12,15,18-55,57-59,61-64H2,1-2H3,(H,69,72)/b14-13-,17-16-,60-56+. The van der Waals surface area contributed by atoms with E-state index in [0.717, 1.165) is 51.4 Å². The molecule has 2 atom stereocenters. The van der Waals surface area contributed by atoms with Gasteiger partial charge in [0.05, 0.1) is 25.4 Å². The molecular formula is C68H129NO5. The maximum Gasteiger partial charge on any atom is 0.305 e. The SMILES string of the molecule is CCCCCC/C=C\C/C=C\CCCCCCCCCC(=O)OCCCCCCCCCCCCCCCCCCCCCCCCCCCCCCCCC(=O)NC(CO)C(O)/C=C/CCCCCCCCC. The van der Waals surface area contributed by atoms with Crippen LogP contribution in [0, 0.1) is 0 Å². The molecule has 1 amide bonds. The summed E-state index contributed by atoms with van der Waals surface area (Å²) in [4.78, 5) is 24.5. The van der Waals surface area contributed by atoms with Gasteiger partial charge in [-0.25, -0.2) is 0 Å². The molecule has 0 aliphatic rings. The fourth-order valence-corrected chi connectivity index (χ4v) is 10.3. The Morgan fingerprint density at radius 2 is 0.676 bits per heavy atom. The van der Waals surface area contributed by atoms with Crippen LogP contribution in [-0.2, 0) is 14.3 Å². The van der Waals surface area contributed by atoms with Gasteiger partial charge in [-0.3, -0.25) is 9.59 Å². The summed E-state index contributed by atoms with van der Waals surface area (Å²) in [5.74, 6) is -0.0535. The molecule has 0 fully saturated rings. The number of esters is 1. The minimum Gasteiger partial charge on any atom is -0.466 e. The maximum atomic E-state index is 12.4. The van der Waals surface area contributed by atoms with Gasteiger partial charge in [-0.15, -0.1) is 0 Å². The van der Waals surface area contributed by atoms with Crippen LogP contribution < -0.4 is 5.32 Å². The van der Waals surface area contributed by atoms with Crippen molar-refractivity contribution in [1.82, 2.24) is 5.32 Å². The molecule has 6 nitrogen and oxygen atoms in total. The number of aliphatic hydroxyl groups excluding tert-OH is 2. The highest BCUT2D eigenvalue weighted by Crippen LogP contribution is 2.18. The van der Waals surface area contributed by atoms with E-state index in [0.29, 0.717) is 19.4 Å². The van der Waals surface area contributed by atoms with Gasteiger partial charge in [-0.1, -0.05) is 320 Å². The summed E-state index contributed by atoms with van der Waals surface area (Å²) in [6.07, 6.45) is 80.8. The number of nitrogens with one attached hydrogen (secondary N) is 1. The molecule has 0 aliphatic heterocycles. The van der Waals surface area contributed by atoms with Crippen molar-refractivity contribution >= 4 is 11.9 Å². The number of carbonyl (C=O) groups excluding carboxylic acids is 2. The Bertz CT molecular complexity index is 1200. The van der Waals surface area contributed by atoms with Gasteiger partial charge in [0, 0.05) is 12.8 Å². The van der Waals surface area contributed by atoms with Gasteiger partial charge in [-0.05, 0) is 64.2 Å². The molecule has 0 rings (SSSR count). The number of aliphatic hydroxyl groups is 2. The Labute approximate surface area is 462 Å². The zero-order valence-electron chi connectivity index (χ0n) is 49.8. The molecule has 0 aromatic heterocycles. The van der Waals surface area contributed by atoms with Crippen LogP contribution in [0.5, 0.6) is 0 Å². The molecule has 0 aliphatic carbocycles. The second kappa shape index (κ2) is 63.6. The van der Waals surface area contributed by atoms with Crippen molar-refractivity contribution in [3.05, 3.63) is 36.5 Å². The summed E-state index contributed by atoms with van der Waals surface area (Å²) < 4.78 is 5.50. The molecule has 0 radical (unpaired) electrons. The monoisotopic (exact) mass is 1040 g/mol. The third-order valence-corrected chi connectivity index (χ3v) is 15.4. The third kappa shape index (κ3) is 59.3. The fourth-order valence-electron chi connectivity index (χ4n) is 10.3. The highest BCUT2D eigenvalue weighted by Gasteiger charge is 2.18. The van der Waals surface area contributed by atoms with Gasteiger partial charge < -0.3 is 20.3 Å². The summed E-state index contributed by atoms with van der Waals surface area (Å²) >= 11 is 0. The first-order valence-corrected chi connectivity index (χ1v) is 33.3. The van der Waals surface area contributed by atoms with Gasteiger partial charge in [0.2, 0.25) is 5.91 Å². The van der Waals surface area contributed by atoms with Crippen molar-refractivity contribution in [2.75, 3.05) is 13.2 Å². The van der Waals surface area contributed by atoms with Crippen molar-refractivity contribution in [3.8, 4) is 0 Å². The zero-order valence-corrected chi connectivity index (χ0v) is 49.8. The van der Waals surface area contributed by atoms with Crippen LogP contribution in [0.15, 0.2) is 36.5 Å². The molecule has 0 saturated heterocycles. The third-order valence-electron chi connectivity index (χ3n) is 15.4. The van der Waals surface area contributed by atoms with E-state index in [4.69, 9.17) is 4.74 Å². The molecule has 3 N–H and O–H groups in total. The van der Waals surface area contributed by atoms with E-state index < -0.39 is 12.1 Å². The highest BCUT2D eigenvalue weighted by atomic mass is 16.5. The van der Waals surface area contributed by atoms with Crippen LogP contribution in [0.25, 0.3) is 0 Å². The molecule has 436 valence electrons. The summed E-state index contributed by atoms with van der Waals surface area (Å²) in [5, 5.41) is 23.0. The predicted molar refractivity (Wildman–Crippen MR) is 324 cm³/mol. The molecule has 74 heavy (non-hydrogen) atoms. The summed E-state index contributed by atoms with van der Waals surface area (Å²) in [6, 6.07) is -0.622. The van der Waals surface area contributed by atoms with E-state index >= 15 is 0 Å². The number of ether oxygens (including phenoxy) is 1. The van der Waals surface area contributed by atoms with E-state index in [1.54, 1.807) is 6.08 Å². The topological polar surface area (TPSA) is 95.9 Å². The summed E-state index contributed by atoms with van der Waals surface area (Å²) in [5.41, 5.74) is 0. The molecule has 0 spiro atoms. The lowest BCUT2D eigenvalue weighted by Gasteiger charge is -2.20. The first-order chi connectivity index (χ1) is 36.5. The summed E-state index contributed by atoms with van der Waals surface area (Å²) in [7, 11) is 0. The zero-order chi connectivity index (χ0) is 53.6. The number of amides is 1. The van der Waals surface area contributed by atoms with Crippen LogP contribution in [0.4, 0.5) is 0 Å². The van der Waals surface area contributed by atoms with Crippen LogP contribution >= 0.6 is 0 Å². The molecule has 0 bridgehead atoms. The Morgan fingerprint density at radius 1 is 0.378 bits per heavy atom. The van der Waals surface area contributed by atoms with E-state index in [1.165, 1.54) is 283 Å². The second-order valence-electron chi connectivity index (χ2n) is 22.8. The Hall–Kier alpha value is -1.92. The van der Waals surface area contributed by atoms with Crippen LogP contribution in [0.2, 0.25) is 0 Å².